The summed E-state index contributed by atoms with van der Waals surface area (Å²) in [5, 5.41) is 10.0. The van der Waals surface area contributed by atoms with Crippen LogP contribution in [0.5, 0.6) is 5.75 Å². The van der Waals surface area contributed by atoms with Crippen LogP contribution in [0.25, 0.3) is 22.8 Å². The van der Waals surface area contributed by atoms with Crippen molar-refractivity contribution in [2.24, 2.45) is 0 Å². The second-order valence-corrected chi connectivity index (χ2v) is 11.4. The first-order valence-corrected chi connectivity index (χ1v) is 13.6. The summed E-state index contributed by atoms with van der Waals surface area (Å²) in [6, 6.07) is 17.9. The monoisotopic (exact) mass is 575 g/mol. The SMILES string of the molecule is C.COC(=O)CCc1ccc(O)c(C(C)(C)C)c1.Cc1ccc(-c2nc(Cl)nc(-c3ccc(C)cc3C)n2)c(C)c1. The average molecular weight is 576 g/mol. The Bertz CT molecular complexity index is 1440. The molecule has 1 aromatic heterocycles. The van der Waals surface area contributed by atoms with E-state index in [9.17, 15) is 9.90 Å². The standard InChI is InChI=1S/C19H18ClN3.C14H20O3.CH4/c1-11-5-7-15(13(3)9-11)17-21-18(23-19(20)22-17)16-8-6-12(2)10-14(16)4;1-14(2,3)11-9-10(5-7-12(11)15)6-8-13(16)17-4;/h5-10H,1-4H3;5,7,9,15H,6,8H2,1-4H3;1H4. The first-order valence-electron chi connectivity index (χ1n) is 13.2. The van der Waals surface area contributed by atoms with Gasteiger partial charge in [-0.05, 0) is 79.5 Å². The normalized spacial score (nSPS) is 10.8. The summed E-state index contributed by atoms with van der Waals surface area (Å²) in [5.74, 6) is 1.31. The van der Waals surface area contributed by atoms with Gasteiger partial charge in [-0.1, -0.05) is 87.9 Å². The minimum Gasteiger partial charge on any atom is -0.508 e. The van der Waals surface area contributed by atoms with Gasteiger partial charge in [0, 0.05) is 17.5 Å². The third kappa shape index (κ3) is 9.12. The van der Waals surface area contributed by atoms with Gasteiger partial charge in [-0.2, -0.15) is 9.97 Å². The molecule has 218 valence electrons. The summed E-state index contributed by atoms with van der Waals surface area (Å²) in [5.41, 5.74) is 8.46. The van der Waals surface area contributed by atoms with Crippen LogP contribution in [0.1, 0.15) is 68.0 Å². The van der Waals surface area contributed by atoms with Crippen LogP contribution in [-0.4, -0.2) is 33.1 Å². The number of ether oxygens (including phenoxy) is 1. The van der Waals surface area contributed by atoms with Gasteiger partial charge in [0.15, 0.2) is 11.6 Å². The maximum Gasteiger partial charge on any atom is 0.305 e. The van der Waals surface area contributed by atoms with Crippen molar-refractivity contribution in [3.63, 3.8) is 0 Å². The Kier molecular flexibility index (Phi) is 11.6. The van der Waals surface area contributed by atoms with Crippen molar-refractivity contribution in [1.82, 2.24) is 15.0 Å². The number of methoxy groups -OCH3 is 1. The summed E-state index contributed by atoms with van der Waals surface area (Å²) in [6.07, 6.45) is 1.00. The van der Waals surface area contributed by atoms with Crippen LogP contribution in [0.15, 0.2) is 54.6 Å². The lowest BCUT2D eigenvalue weighted by Gasteiger charge is -2.21. The molecule has 0 bridgehead atoms. The molecule has 0 aliphatic heterocycles. The molecular weight excluding hydrogens is 534 g/mol. The molecule has 0 aliphatic rings. The van der Waals surface area contributed by atoms with Gasteiger partial charge in [0.2, 0.25) is 5.28 Å². The van der Waals surface area contributed by atoms with Crippen LogP contribution < -0.4 is 0 Å². The molecule has 6 nitrogen and oxygen atoms in total. The number of phenols is 1. The minimum absolute atomic E-state index is 0. The minimum atomic E-state index is -0.213. The average Bonchev–Trinajstić information content (AvgIpc) is 2.87. The first-order chi connectivity index (χ1) is 18.8. The quantitative estimate of drug-likeness (QED) is 0.240. The number of hydrogen-bond acceptors (Lipinski definition) is 6. The van der Waals surface area contributed by atoms with E-state index in [1.165, 1.54) is 18.2 Å². The molecule has 0 saturated heterocycles. The Hall–Kier alpha value is -3.77. The number of hydrogen-bond donors (Lipinski definition) is 1. The van der Waals surface area contributed by atoms with E-state index >= 15 is 0 Å². The molecule has 0 atom stereocenters. The van der Waals surface area contributed by atoms with Crippen LogP contribution in [0, 0.1) is 27.7 Å². The maximum absolute atomic E-state index is 11.1. The number of esters is 1. The Balaban J connectivity index is 0.000000294. The van der Waals surface area contributed by atoms with Crippen molar-refractivity contribution < 1.29 is 14.6 Å². The van der Waals surface area contributed by atoms with Crippen LogP contribution in [0.4, 0.5) is 0 Å². The summed E-state index contributed by atoms with van der Waals surface area (Å²) in [4.78, 5) is 24.3. The lowest BCUT2D eigenvalue weighted by atomic mass is 9.85. The van der Waals surface area contributed by atoms with Gasteiger partial charge < -0.3 is 9.84 Å². The van der Waals surface area contributed by atoms with E-state index in [1.54, 1.807) is 6.07 Å². The molecule has 1 heterocycles. The van der Waals surface area contributed by atoms with Gasteiger partial charge in [0.05, 0.1) is 7.11 Å². The smallest absolute Gasteiger partial charge is 0.305 e. The number of carbonyl (C=O) groups is 1. The van der Waals surface area contributed by atoms with E-state index in [1.807, 2.05) is 45.0 Å². The Morgan fingerprint density at radius 3 is 1.78 bits per heavy atom. The number of rotatable bonds is 5. The summed E-state index contributed by atoms with van der Waals surface area (Å²) in [7, 11) is 1.39. The Labute approximate surface area is 249 Å². The highest BCUT2D eigenvalue weighted by Crippen LogP contribution is 2.31. The number of phenolic OH excluding ortho intramolecular Hbond substituents is 1. The third-order valence-electron chi connectivity index (χ3n) is 6.57. The number of halogens is 1. The molecule has 1 N–H and O–H groups in total. The van der Waals surface area contributed by atoms with Gasteiger partial charge in [0.25, 0.3) is 0 Å². The number of nitrogens with zero attached hydrogens (tertiary/aromatic N) is 3. The molecule has 41 heavy (non-hydrogen) atoms. The van der Waals surface area contributed by atoms with Crippen LogP contribution in [0.3, 0.4) is 0 Å². The predicted molar refractivity (Wildman–Crippen MR) is 169 cm³/mol. The molecule has 3 aromatic carbocycles. The molecule has 7 heteroatoms. The zero-order valence-corrected chi connectivity index (χ0v) is 25.3. The van der Waals surface area contributed by atoms with Crippen LogP contribution in [0.2, 0.25) is 5.28 Å². The second-order valence-electron chi connectivity index (χ2n) is 11.1. The Morgan fingerprint density at radius 2 is 1.34 bits per heavy atom. The summed E-state index contributed by atoms with van der Waals surface area (Å²) in [6.45, 7) is 14.4. The van der Waals surface area contributed by atoms with E-state index in [4.69, 9.17) is 11.6 Å². The second kappa shape index (κ2) is 14.2. The summed E-state index contributed by atoms with van der Waals surface area (Å²) < 4.78 is 4.60. The van der Waals surface area contributed by atoms with E-state index in [2.05, 4.69) is 71.6 Å². The number of benzene rings is 3. The molecule has 0 unspecified atom stereocenters. The van der Waals surface area contributed by atoms with Crippen molar-refractivity contribution in [3.8, 4) is 28.5 Å². The van der Waals surface area contributed by atoms with Gasteiger partial charge in [-0.3, -0.25) is 4.79 Å². The molecular formula is C34H42ClN3O3. The fourth-order valence-electron chi connectivity index (χ4n) is 4.41. The maximum atomic E-state index is 11.1. The van der Waals surface area contributed by atoms with Crippen molar-refractivity contribution in [2.75, 3.05) is 7.11 Å². The molecule has 0 fully saturated rings. The van der Waals surface area contributed by atoms with Gasteiger partial charge in [0.1, 0.15) is 5.75 Å². The highest BCUT2D eigenvalue weighted by Gasteiger charge is 2.18. The number of aryl methyl sites for hydroxylation is 5. The first kappa shape index (κ1) is 33.4. The predicted octanol–water partition coefficient (Wildman–Crippen LogP) is 8.52. The molecule has 0 radical (unpaired) electrons. The van der Waals surface area contributed by atoms with Crippen molar-refractivity contribution in [1.29, 1.82) is 0 Å². The molecule has 0 saturated carbocycles. The van der Waals surface area contributed by atoms with Crippen molar-refractivity contribution in [3.05, 3.63) is 93.3 Å². The highest BCUT2D eigenvalue weighted by atomic mass is 35.5. The fourth-order valence-corrected chi connectivity index (χ4v) is 4.57. The fraction of sp³-hybridized carbons (Fsp3) is 0.353. The zero-order valence-electron chi connectivity index (χ0n) is 24.6. The lowest BCUT2D eigenvalue weighted by Crippen LogP contribution is -2.12. The van der Waals surface area contributed by atoms with E-state index in [-0.39, 0.29) is 24.1 Å². The molecule has 0 aliphatic carbocycles. The van der Waals surface area contributed by atoms with Gasteiger partial charge >= 0.3 is 5.97 Å². The molecule has 0 amide bonds. The number of carbonyl (C=O) groups excluding carboxylic acids is 1. The lowest BCUT2D eigenvalue weighted by molar-refractivity contribution is -0.140. The number of aromatic nitrogens is 3. The highest BCUT2D eigenvalue weighted by molar-refractivity contribution is 6.28. The summed E-state index contributed by atoms with van der Waals surface area (Å²) >= 11 is 6.15. The third-order valence-corrected chi connectivity index (χ3v) is 6.74. The van der Waals surface area contributed by atoms with Gasteiger partial charge in [-0.25, -0.2) is 4.98 Å². The van der Waals surface area contributed by atoms with Crippen molar-refractivity contribution >= 4 is 17.6 Å². The van der Waals surface area contributed by atoms with Crippen LogP contribution >= 0.6 is 11.6 Å². The van der Waals surface area contributed by atoms with Gasteiger partial charge in [-0.15, -0.1) is 0 Å². The van der Waals surface area contributed by atoms with E-state index < -0.39 is 0 Å². The number of aromatic hydroxyl groups is 1. The Morgan fingerprint density at radius 1 is 0.829 bits per heavy atom. The van der Waals surface area contributed by atoms with Crippen molar-refractivity contribution in [2.45, 2.75) is 74.1 Å². The van der Waals surface area contributed by atoms with E-state index in [0.29, 0.717) is 30.2 Å². The zero-order chi connectivity index (χ0) is 29.6. The van der Waals surface area contributed by atoms with E-state index in [0.717, 1.165) is 33.4 Å². The molecule has 0 spiro atoms. The largest absolute Gasteiger partial charge is 0.508 e. The topological polar surface area (TPSA) is 85.2 Å². The van der Waals surface area contributed by atoms with Crippen LogP contribution in [-0.2, 0) is 21.4 Å². The molecule has 4 rings (SSSR count). The molecule has 4 aromatic rings.